The van der Waals surface area contributed by atoms with Crippen molar-refractivity contribution in [2.24, 2.45) is 0 Å². The van der Waals surface area contributed by atoms with Gasteiger partial charge in [-0.3, -0.25) is 19.4 Å². The van der Waals surface area contributed by atoms with Gasteiger partial charge in [0.05, 0.1) is 19.7 Å². The highest BCUT2D eigenvalue weighted by molar-refractivity contribution is 5.85. The average molecular weight is 386 g/mol. The van der Waals surface area contributed by atoms with Crippen molar-refractivity contribution in [3.05, 3.63) is 29.3 Å². The van der Waals surface area contributed by atoms with Crippen molar-refractivity contribution >= 4 is 11.8 Å². The van der Waals surface area contributed by atoms with Crippen LogP contribution in [0.5, 0.6) is 5.75 Å². The molecule has 0 atom stereocenters. The second-order valence-corrected chi connectivity index (χ2v) is 7.96. The fourth-order valence-electron chi connectivity index (χ4n) is 4.21. The Morgan fingerprint density at radius 2 is 1.75 bits per heavy atom. The number of ether oxygens (including phenoxy) is 1. The zero-order valence-electron chi connectivity index (χ0n) is 16.5. The number of carbonyl (C=O) groups excluding carboxylic acids is 2. The summed E-state index contributed by atoms with van der Waals surface area (Å²) in [6, 6.07) is 6.50. The smallest absolute Gasteiger partial charge is 0.241 e. The first-order valence-electron chi connectivity index (χ1n) is 10.4. The summed E-state index contributed by atoms with van der Waals surface area (Å²) in [7, 11) is 0. The Morgan fingerprint density at radius 1 is 1.00 bits per heavy atom. The quantitative estimate of drug-likeness (QED) is 0.770. The number of amides is 2. The minimum atomic E-state index is -0.0559. The highest BCUT2D eigenvalue weighted by atomic mass is 16.5. The number of rotatable bonds is 6. The van der Waals surface area contributed by atoms with Crippen molar-refractivity contribution < 1.29 is 14.3 Å². The lowest BCUT2D eigenvalue weighted by Gasteiger charge is -2.34. The van der Waals surface area contributed by atoms with Crippen LogP contribution >= 0.6 is 0 Å². The highest BCUT2D eigenvalue weighted by Gasteiger charge is 2.21. The topological polar surface area (TPSA) is 65.1 Å². The molecular weight excluding hydrogens is 356 g/mol. The van der Waals surface area contributed by atoms with Crippen molar-refractivity contribution in [1.29, 1.82) is 0 Å². The molecule has 28 heavy (non-hydrogen) atoms. The molecule has 1 N–H and O–H groups in total. The van der Waals surface area contributed by atoms with Crippen molar-refractivity contribution in [3.8, 4) is 5.75 Å². The average Bonchev–Trinajstić information content (AvgIpc) is 3.39. The lowest BCUT2D eigenvalue weighted by atomic mass is 10.1. The predicted octanol–water partition coefficient (Wildman–Crippen LogP) is 0.478. The molecule has 0 radical (unpaired) electrons. The molecule has 3 aliphatic rings. The Bertz CT molecular complexity index is 710. The molecule has 0 spiro atoms. The summed E-state index contributed by atoms with van der Waals surface area (Å²) >= 11 is 0. The first-order chi connectivity index (χ1) is 13.7. The second-order valence-electron chi connectivity index (χ2n) is 7.96. The first kappa shape index (κ1) is 19.2. The van der Waals surface area contributed by atoms with Crippen LogP contribution in [0.3, 0.4) is 0 Å². The van der Waals surface area contributed by atoms with Gasteiger partial charge in [0.1, 0.15) is 5.75 Å². The number of benzene rings is 1. The number of carbonyl (C=O) groups is 2. The molecule has 0 bridgehead atoms. The number of hydrogen-bond acceptors (Lipinski definition) is 5. The first-order valence-corrected chi connectivity index (χ1v) is 10.4. The van der Waals surface area contributed by atoms with Gasteiger partial charge in [-0.25, -0.2) is 0 Å². The molecule has 2 amide bonds. The second kappa shape index (κ2) is 8.92. The molecule has 7 heteroatoms. The molecule has 152 valence electrons. The minimum Gasteiger partial charge on any atom is -0.493 e. The van der Waals surface area contributed by atoms with Gasteiger partial charge in [0.2, 0.25) is 11.8 Å². The molecule has 1 aromatic rings. The number of piperazine rings is 1. The maximum absolute atomic E-state index is 12.2. The van der Waals surface area contributed by atoms with E-state index in [4.69, 9.17) is 4.74 Å². The monoisotopic (exact) mass is 386 g/mol. The van der Waals surface area contributed by atoms with E-state index in [1.165, 1.54) is 11.1 Å². The molecule has 3 aliphatic heterocycles. The molecule has 7 nitrogen and oxygen atoms in total. The number of likely N-dealkylation sites (tertiary alicyclic amines) is 1. The van der Waals surface area contributed by atoms with E-state index in [1.54, 1.807) is 0 Å². The summed E-state index contributed by atoms with van der Waals surface area (Å²) in [5, 5.41) is 2.78. The number of fused-ring (bicyclic) bond motifs is 1. The molecule has 4 rings (SSSR count). The van der Waals surface area contributed by atoms with E-state index >= 15 is 0 Å². The Morgan fingerprint density at radius 3 is 2.54 bits per heavy atom. The van der Waals surface area contributed by atoms with Gasteiger partial charge in [-0.2, -0.15) is 0 Å². The van der Waals surface area contributed by atoms with Crippen molar-refractivity contribution in [2.75, 3.05) is 59.0 Å². The summed E-state index contributed by atoms with van der Waals surface area (Å²) in [4.78, 5) is 30.6. The Hall–Kier alpha value is -2.12. The molecule has 0 unspecified atom stereocenters. The van der Waals surface area contributed by atoms with Gasteiger partial charge >= 0.3 is 0 Å². The van der Waals surface area contributed by atoms with Crippen molar-refractivity contribution in [2.45, 2.75) is 25.8 Å². The molecule has 2 fully saturated rings. The van der Waals surface area contributed by atoms with E-state index in [0.29, 0.717) is 6.54 Å². The lowest BCUT2D eigenvalue weighted by Crippen LogP contribution is -2.50. The molecule has 2 saturated heterocycles. The number of nitrogens with zero attached hydrogens (tertiary/aromatic N) is 3. The molecule has 0 aliphatic carbocycles. The Kier molecular flexibility index (Phi) is 6.12. The fraction of sp³-hybridized carbons (Fsp3) is 0.619. The zero-order chi connectivity index (χ0) is 19.3. The Labute approximate surface area is 166 Å². The van der Waals surface area contributed by atoms with Gasteiger partial charge < -0.3 is 15.0 Å². The van der Waals surface area contributed by atoms with Crippen molar-refractivity contribution in [1.82, 2.24) is 20.0 Å². The predicted molar refractivity (Wildman–Crippen MR) is 106 cm³/mol. The number of hydrogen-bond donors (Lipinski definition) is 1. The van der Waals surface area contributed by atoms with Gasteiger partial charge in [-0.1, -0.05) is 12.1 Å². The third-order valence-electron chi connectivity index (χ3n) is 5.89. The van der Waals surface area contributed by atoms with Gasteiger partial charge in [-0.15, -0.1) is 0 Å². The van der Waals surface area contributed by atoms with E-state index in [1.807, 2.05) is 4.90 Å². The SMILES string of the molecule is O=C(CN1CCN(Cc2ccc3c(c2)CCO3)CC1)NCC(=O)N1CCCC1. The number of nitrogens with one attached hydrogen (secondary N) is 1. The zero-order valence-corrected chi connectivity index (χ0v) is 16.5. The molecule has 0 saturated carbocycles. The van der Waals surface area contributed by atoms with Gasteiger partial charge in [0.15, 0.2) is 0 Å². The summed E-state index contributed by atoms with van der Waals surface area (Å²) in [5.74, 6) is 1.01. The van der Waals surface area contributed by atoms with Crippen LogP contribution in [-0.4, -0.2) is 85.5 Å². The van der Waals surface area contributed by atoms with E-state index in [2.05, 4.69) is 33.3 Å². The normalized spacial score (nSPS) is 20.1. The van der Waals surface area contributed by atoms with Gasteiger partial charge in [-0.05, 0) is 30.0 Å². The molecule has 0 aromatic heterocycles. The van der Waals surface area contributed by atoms with Crippen LogP contribution in [0.15, 0.2) is 18.2 Å². The van der Waals surface area contributed by atoms with E-state index in [9.17, 15) is 9.59 Å². The van der Waals surface area contributed by atoms with Crippen LogP contribution in [0, 0.1) is 0 Å². The summed E-state index contributed by atoms with van der Waals surface area (Å²) in [6.07, 6.45) is 3.15. The molecule has 3 heterocycles. The van der Waals surface area contributed by atoms with Crippen LogP contribution in [0.2, 0.25) is 0 Å². The maximum atomic E-state index is 12.2. The summed E-state index contributed by atoms with van der Waals surface area (Å²) in [6.45, 7) is 7.55. The van der Waals surface area contributed by atoms with Crippen LogP contribution in [0.4, 0.5) is 0 Å². The van der Waals surface area contributed by atoms with E-state index < -0.39 is 0 Å². The largest absolute Gasteiger partial charge is 0.493 e. The van der Waals surface area contributed by atoms with Crippen LogP contribution < -0.4 is 10.1 Å². The van der Waals surface area contributed by atoms with E-state index in [-0.39, 0.29) is 18.4 Å². The van der Waals surface area contributed by atoms with E-state index in [0.717, 1.165) is 77.4 Å². The Balaban J connectivity index is 1.16. The van der Waals surface area contributed by atoms with Crippen molar-refractivity contribution in [3.63, 3.8) is 0 Å². The third-order valence-corrected chi connectivity index (χ3v) is 5.89. The summed E-state index contributed by atoms with van der Waals surface area (Å²) in [5.41, 5.74) is 2.65. The standard InChI is InChI=1S/C21H30N4O3/c26-20(22-14-21(27)25-6-1-2-7-25)16-24-10-8-23(9-11-24)15-17-3-4-19-18(13-17)5-12-28-19/h3-4,13H,1-2,5-12,14-16H2,(H,22,26). The van der Waals surface area contributed by atoms with Crippen LogP contribution in [0.1, 0.15) is 24.0 Å². The lowest BCUT2D eigenvalue weighted by molar-refractivity contribution is -0.132. The highest BCUT2D eigenvalue weighted by Crippen LogP contribution is 2.26. The van der Waals surface area contributed by atoms with Gasteiger partial charge in [0, 0.05) is 52.2 Å². The van der Waals surface area contributed by atoms with Crippen LogP contribution in [0.25, 0.3) is 0 Å². The van der Waals surface area contributed by atoms with Gasteiger partial charge in [0.25, 0.3) is 0 Å². The minimum absolute atomic E-state index is 0.0374. The van der Waals surface area contributed by atoms with Crippen LogP contribution in [-0.2, 0) is 22.6 Å². The molecule has 1 aromatic carbocycles. The fourth-order valence-corrected chi connectivity index (χ4v) is 4.21. The summed E-state index contributed by atoms with van der Waals surface area (Å²) < 4.78 is 5.58. The molecular formula is C21H30N4O3. The maximum Gasteiger partial charge on any atom is 0.241 e. The third kappa shape index (κ3) is 4.83.